The standard InChI is InChI=1S/C14H19FN2O3/c1-2-17(9-10-18)14(20)13(19)16-8-7-11-3-5-12(15)6-4-11/h3-6,18H,2,7-10H2,1H3,(H,16,19). The minimum Gasteiger partial charge on any atom is -0.395 e. The number of hydrogen-bond acceptors (Lipinski definition) is 3. The summed E-state index contributed by atoms with van der Waals surface area (Å²) in [7, 11) is 0. The fourth-order valence-corrected chi connectivity index (χ4v) is 1.71. The molecule has 0 bridgehead atoms. The van der Waals surface area contributed by atoms with Gasteiger partial charge in [0.15, 0.2) is 0 Å². The summed E-state index contributed by atoms with van der Waals surface area (Å²) in [6.45, 7) is 2.36. The summed E-state index contributed by atoms with van der Waals surface area (Å²) >= 11 is 0. The van der Waals surface area contributed by atoms with E-state index < -0.39 is 11.8 Å². The van der Waals surface area contributed by atoms with Crippen LogP contribution in [0.5, 0.6) is 0 Å². The molecule has 5 nitrogen and oxygen atoms in total. The van der Waals surface area contributed by atoms with Crippen molar-refractivity contribution >= 4 is 11.8 Å². The van der Waals surface area contributed by atoms with Crippen LogP contribution in [0.1, 0.15) is 12.5 Å². The fraction of sp³-hybridized carbons (Fsp3) is 0.429. The zero-order chi connectivity index (χ0) is 15.0. The molecule has 0 aromatic heterocycles. The van der Waals surface area contributed by atoms with Crippen molar-refractivity contribution < 1.29 is 19.1 Å². The second-order valence-electron chi connectivity index (χ2n) is 4.24. The second kappa shape index (κ2) is 8.27. The highest BCUT2D eigenvalue weighted by Gasteiger charge is 2.19. The lowest BCUT2D eigenvalue weighted by molar-refractivity contribution is -0.146. The predicted molar refractivity (Wildman–Crippen MR) is 72.5 cm³/mol. The summed E-state index contributed by atoms with van der Waals surface area (Å²) in [6, 6.07) is 5.96. The molecular formula is C14H19FN2O3. The summed E-state index contributed by atoms with van der Waals surface area (Å²) in [6.07, 6.45) is 0.519. The minimum atomic E-state index is -0.692. The van der Waals surface area contributed by atoms with Crippen LogP contribution in [0.3, 0.4) is 0 Å². The summed E-state index contributed by atoms with van der Waals surface area (Å²) in [5.74, 6) is -1.65. The highest BCUT2D eigenvalue weighted by Crippen LogP contribution is 2.02. The molecule has 110 valence electrons. The second-order valence-corrected chi connectivity index (χ2v) is 4.24. The van der Waals surface area contributed by atoms with Crippen LogP contribution >= 0.6 is 0 Å². The number of hydrogen-bond donors (Lipinski definition) is 2. The van der Waals surface area contributed by atoms with E-state index in [1.165, 1.54) is 17.0 Å². The van der Waals surface area contributed by atoms with Crippen molar-refractivity contribution in [2.24, 2.45) is 0 Å². The van der Waals surface area contributed by atoms with Gasteiger partial charge in [0.2, 0.25) is 0 Å². The molecule has 0 aliphatic heterocycles. The Balaban J connectivity index is 2.39. The maximum atomic E-state index is 12.7. The van der Waals surface area contributed by atoms with Gasteiger partial charge in [0.05, 0.1) is 6.61 Å². The SMILES string of the molecule is CCN(CCO)C(=O)C(=O)NCCc1ccc(F)cc1. The average molecular weight is 282 g/mol. The smallest absolute Gasteiger partial charge is 0.311 e. The maximum absolute atomic E-state index is 12.7. The van der Waals surface area contributed by atoms with Gasteiger partial charge in [-0.3, -0.25) is 9.59 Å². The first-order chi connectivity index (χ1) is 9.58. The van der Waals surface area contributed by atoms with Gasteiger partial charge in [-0.2, -0.15) is 0 Å². The zero-order valence-corrected chi connectivity index (χ0v) is 11.4. The first kappa shape index (κ1) is 16.1. The monoisotopic (exact) mass is 282 g/mol. The van der Waals surface area contributed by atoms with E-state index in [1.54, 1.807) is 19.1 Å². The maximum Gasteiger partial charge on any atom is 0.311 e. The van der Waals surface area contributed by atoms with Crippen LogP contribution in [-0.2, 0) is 16.0 Å². The van der Waals surface area contributed by atoms with Gasteiger partial charge in [0, 0.05) is 19.6 Å². The Morgan fingerprint density at radius 2 is 1.95 bits per heavy atom. The molecule has 0 heterocycles. The molecule has 2 amide bonds. The third-order valence-electron chi connectivity index (χ3n) is 2.85. The first-order valence-electron chi connectivity index (χ1n) is 6.51. The van der Waals surface area contributed by atoms with Gasteiger partial charge >= 0.3 is 11.8 Å². The molecule has 0 spiro atoms. The number of aliphatic hydroxyl groups is 1. The van der Waals surface area contributed by atoms with E-state index in [0.29, 0.717) is 19.5 Å². The van der Waals surface area contributed by atoms with E-state index in [4.69, 9.17) is 5.11 Å². The molecule has 0 aliphatic rings. The van der Waals surface area contributed by atoms with Crippen LogP contribution in [0.4, 0.5) is 4.39 Å². The lowest BCUT2D eigenvalue weighted by Crippen LogP contribution is -2.44. The Kier molecular flexibility index (Phi) is 6.66. The van der Waals surface area contributed by atoms with Crippen molar-refractivity contribution in [3.63, 3.8) is 0 Å². The Bertz CT molecular complexity index is 448. The normalized spacial score (nSPS) is 10.2. The summed E-state index contributed by atoms with van der Waals surface area (Å²) < 4.78 is 12.7. The Morgan fingerprint density at radius 3 is 2.50 bits per heavy atom. The third-order valence-corrected chi connectivity index (χ3v) is 2.85. The van der Waals surface area contributed by atoms with E-state index in [9.17, 15) is 14.0 Å². The van der Waals surface area contributed by atoms with E-state index in [0.717, 1.165) is 5.56 Å². The number of nitrogens with zero attached hydrogens (tertiary/aromatic N) is 1. The van der Waals surface area contributed by atoms with Gasteiger partial charge in [-0.25, -0.2) is 4.39 Å². The molecule has 0 saturated carbocycles. The number of carbonyl (C=O) groups excluding carboxylic acids is 2. The number of aliphatic hydroxyl groups excluding tert-OH is 1. The van der Waals surface area contributed by atoms with E-state index >= 15 is 0 Å². The predicted octanol–water partition coefficient (Wildman–Crippen LogP) is 0.325. The number of carbonyl (C=O) groups is 2. The van der Waals surface area contributed by atoms with Gasteiger partial charge in [0.1, 0.15) is 5.82 Å². The van der Waals surface area contributed by atoms with Crippen LogP contribution < -0.4 is 5.32 Å². The molecular weight excluding hydrogens is 263 g/mol. The van der Waals surface area contributed by atoms with Crippen LogP contribution in [-0.4, -0.2) is 48.1 Å². The van der Waals surface area contributed by atoms with Crippen molar-refractivity contribution in [3.05, 3.63) is 35.6 Å². The van der Waals surface area contributed by atoms with Gasteiger partial charge in [-0.15, -0.1) is 0 Å². The van der Waals surface area contributed by atoms with Crippen LogP contribution in [0.25, 0.3) is 0 Å². The van der Waals surface area contributed by atoms with Crippen LogP contribution in [0.2, 0.25) is 0 Å². The quantitative estimate of drug-likeness (QED) is 0.739. The van der Waals surface area contributed by atoms with Gasteiger partial charge in [-0.05, 0) is 31.0 Å². The number of benzene rings is 1. The molecule has 0 fully saturated rings. The lowest BCUT2D eigenvalue weighted by Gasteiger charge is -2.18. The molecule has 0 unspecified atom stereocenters. The minimum absolute atomic E-state index is 0.140. The molecule has 1 aromatic carbocycles. The van der Waals surface area contributed by atoms with Gasteiger partial charge in [0.25, 0.3) is 0 Å². The largest absolute Gasteiger partial charge is 0.395 e. The molecule has 1 rings (SSSR count). The molecule has 0 radical (unpaired) electrons. The van der Waals surface area contributed by atoms with E-state index in [1.807, 2.05) is 0 Å². The molecule has 0 saturated heterocycles. The molecule has 6 heteroatoms. The van der Waals surface area contributed by atoms with Crippen molar-refractivity contribution in [2.45, 2.75) is 13.3 Å². The molecule has 20 heavy (non-hydrogen) atoms. The topological polar surface area (TPSA) is 69.6 Å². The highest BCUT2D eigenvalue weighted by molar-refractivity contribution is 6.34. The zero-order valence-electron chi connectivity index (χ0n) is 11.4. The van der Waals surface area contributed by atoms with Gasteiger partial charge < -0.3 is 15.3 Å². The third kappa shape index (κ3) is 4.97. The Labute approximate surface area is 117 Å². The Hall–Kier alpha value is -1.95. The van der Waals surface area contributed by atoms with Crippen molar-refractivity contribution in [1.29, 1.82) is 0 Å². The fourth-order valence-electron chi connectivity index (χ4n) is 1.71. The number of nitrogens with one attached hydrogen (secondary N) is 1. The van der Waals surface area contributed by atoms with Crippen LogP contribution in [0, 0.1) is 5.82 Å². The van der Waals surface area contributed by atoms with E-state index in [-0.39, 0.29) is 19.0 Å². The lowest BCUT2D eigenvalue weighted by atomic mass is 10.1. The molecule has 0 atom stereocenters. The summed E-state index contributed by atoms with van der Waals surface area (Å²) in [5, 5.41) is 11.3. The van der Waals surface area contributed by atoms with Crippen molar-refractivity contribution in [2.75, 3.05) is 26.2 Å². The summed E-state index contributed by atoms with van der Waals surface area (Å²) in [4.78, 5) is 24.6. The molecule has 2 N–H and O–H groups in total. The number of likely N-dealkylation sites (N-methyl/N-ethyl adjacent to an activating group) is 1. The number of rotatable bonds is 6. The van der Waals surface area contributed by atoms with E-state index in [2.05, 4.69) is 5.32 Å². The van der Waals surface area contributed by atoms with Crippen molar-refractivity contribution in [1.82, 2.24) is 10.2 Å². The summed E-state index contributed by atoms with van der Waals surface area (Å²) in [5.41, 5.74) is 0.877. The van der Waals surface area contributed by atoms with Crippen LogP contribution in [0.15, 0.2) is 24.3 Å². The molecule has 1 aromatic rings. The van der Waals surface area contributed by atoms with Gasteiger partial charge in [-0.1, -0.05) is 12.1 Å². The first-order valence-corrected chi connectivity index (χ1v) is 6.51. The Morgan fingerprint density at radius 1 is 1.30 bits per heavy atom. The number of halogens is 1. The molecule has 0 aliphatic carbocycles. The number of amides is 2. The highest BCUT2D eigenvalue weighted by atomic mass is 19.1. The average Bonchev–Trinajstić information content (AvgIpc) is 2.46. The van der Waals surface area contributed by atoms with Crippen molar-refractivity contribution in [3.8, 4) is 0 Å².